The molecule has 0 radical (unpaired) electrons. The Morgan fingerprint density at radius 1 is 0.864 bits per heavy atom. The van der Waals surface area contributed by atoms with E-state index in [1.54, 1.807) is 0 Å². The zero-order valence-corrected chi connectivity index (χ0v) is 13.5. The molecule has 0 aromatic heterocycles. The van der Waals surface area contributed by atoms with Crippen LogP contribution in [0.25, 0.3) is 0 Å². The molecule has 0 bridgehead atoms. The van der Waals surface area contributed by atoms with E-state index in [1.807, 2.05) is 6.92 Å². The number of rotatable bonds is 10. The van der Waals surface area contributed by atoms with Gasteiger partial charge in [0.2, 0.25) is 0 Å². The van der Waals surface area contributed by atoms with Crippen LogP contribution in [0.4, 0.5) is 0 Å². The molecule has 0 aliphatic rings. The van der Waals surface area contributed by atoms with Crippen molar-refractivity contribution < 1.29 is 33.4 Å². The minimum absolute atomic E-state index is 0.00387. The smallest absolute Gasteiger partial charge is 0.305 e. The van der Waals surface area contributed by atoms with Gasteiger partial charge in [-0.05, 0) is 6.42 Å². The maximum atomic E-state index is 11.8. The zero-order valence-electron chi connectivity index (χ0n) is 13.5. The van der Waals surface area contributed by atoms with Crippen molar-refractivity contribution in [3.05, 3.63) is 0 Å². The third-order valence-electron chi connectivity index (χ3n) is 3.28. The summed E-state index contributed by atoms with van der Waals surface area (Å²) in [5, 5.41) is 0. The van der Waals surface area contributed by atoms with E-state index in [-0.39, 0.29) is 25.9 Å². The highest BCUT2D eigenvalue weighted by molar-refractivity contribution is 6.51. The van der Waals surface area contributed by atoms with Crippen molar-refractivity contribution in [3.63, 3.8) is 0 Å². The lowest BCUT2D eigenvalue weighted by atomic mass is 9.52. The molecule has 0 amide bonds. The third kappa shape index (κ3) is 7.24. The van der Waals surface area contributed by atoms with Crippen LogP contribution in [0, 0.1) is 0 Å². The molecule has 0 aromatic carbocycles. The molecule has 2 unspecified atom stereocenters. The van der Waals surface area contributed by atoms with Crippen molar-refractivity contribution in [2.75, 3.05) is 21.3 Å². The highest BCUT2D eigenvalue weighted by Crippen LogP contribution is 2.24. The summed E-state index contributed by atoms with van der Waals surface area (Å²) in [6.07, 6.45) is 0.802. The number of hydrogen-bond donors (Lipinski definition) is 0. The molecular formula is C14H23BO7. The third-order valence-corrected chi connectivity index (χ3v) is 3.28. The van der Waals surface area contributed by atoms with Crippen LogP contribution in [0.5, 0.6) is 0 Å². The molecule has 2 atom stereocenters. The Bertz CT molecular complexity index is 408. The molecule has 22 heavy (non-hydrogen) atoms. The molecule has 0 saturated carbocycles. The SMILES string of the molecule is CCCC(=O)CC(BC(CC(=O)OC)C(=O)OC)C(=O)OC. The second kappa shape index (κ2) is 10.8. The average molecular weight is 314 g/mol. The first kappa shape index (κ1) is 20.1. The topological polar surface area (TPSA) is 96.0 Å². The molecule has 0 saturated heterocycles. The summed E-state index contributed by atoms with van der Waals surface area (Å²) >= 11 is 0. The zero-order chi connectivity index (χ0) is 17.1. The molecule has 0 aliphatic heterocycles. The van der Waals surface area contributed by atoms with Crippen LogP contribution in [-0.2, 0) is 33.4 Å². The summed E-state index contributed by atoms with van der Waals surface area (Å²) in [6, 6.07) is 0. The Balaban J connectivity index is 5.01. The average Bonchev–Trinajstić information content (AvgIpc) is 2.51. The van der Waals surface area contributed by atoms with Gasteiger partial charge in [-0.1, -0.05) is 6.92 Å². The van der Waals surface area contributed by atoms with Crippen LogP contribution in [0.15, 0.2) is 0 Å². The summed E-state index contributed by atoms with van der Waals surface area (Å²) < 4.78 is 13.9. The van der Waals surface area contributed by atoms with Crippen LogP contribution >= 0.6 is 0 Å². The first-order valence-corrected chi connectivity index (χ1v) is 7.13. The summed E-state index contributed by atoms with van der Waals surface area (Å²) in [7, 11) is 3.62. The molecule has 124 valence electrons. The number of methoxy groups -OCH3 is 3. The summed E-state index contributed by atoms with van der Waals surface area (Å²) in [6.45, 7) is 1.86. The van der Waals surface area contributed by atoms with Gasteiger partial charge in [-0.3, -0.25) is 19.2 Å². The van der Waals surface area contributed by atoms with Crippen LogP contribution in [0.2, 0.25) is 11.6 Å². The first-order chi connectivity index (χ1) is 10.4. The van der Waals surface area contributed by atoms with Gasteiger partial charge in [-0.2, -0.15) is 0 Å². The Kier molecular flexibility index (Phi) is 9.90. The van der Waals surface area contributed by atoms with Gasteiger partial charge in [0.05, 0.1) is 27.8 Å². The maximum Gasteiger partial charge on any atom is 0.305 e. The number of carbonyl (C=O) groups is 4. The van der Waals surface area contributed by atoms with E-state index in [9.17, 15) is 19.2 Å². The van der Waals surface area contributed by atoms with E-state index < -0.39 is 29.5 Å². The molecule has 0 spiro atoms. The van der Waals surface area contributed by atoms with Crippen molar-refractivity contribution in [2.24, 2.45) is 0 Å². The molecule has 0 fully saturated rings. The normalized spacial score (nSPS) is 12.7. The Labute approximate surface area is 130 Å². The van der Waals surface area contributed by atoms with Crippen LogP contribution in [0.1, 0.15) is 32.6 Å². The van der Waals surface area contributed by atoms with Gasteiger partial charge in [0.25, 0.3) is 0 Å². The maximum absolute atomic E-state index is 11.8. The lowest BCUT2D eigenvalue weighted by Gasteiger charge is -2.18. The number of esters is 3. The minimum Gasteiger partial charge on any atom is -0.469 e. The predicted molar refractivity (Wildman–Crippen MR) is 79.8 cm³/mol. The van der Waals surface area contributed by atoms with Gasteiger partial charge < -0.3 is 14.2 Å². The molecule has 0 N–H and O–H groups in total. The number of ketones is 1. The first-order valence-electron chi connectivity index (χ1n) is 7.13. The predicted octanol–water partition coefficient (Wildman–Crippen LogP) is 0.668. The molecular weight excluding hydrogens is 291 g/mol. The van der Waals surface area contributed by atoms with Crippen molar-refractivity contribution in [1.29, 1.82) is 0 Å². The van der Waals surface area contributed by atoms with Crippen molar-refractivity contribution in [1.82, 2.24) is 0 Å². The van der Waals surface area contributed by atoms with Gasteiger partial charge in [-0.15, -0.1) is 0 Å². The van der Waals surface area contributed by atoms with Crippen LogP contribution < -0.4 is 0 Å². The van der Waals surface area contributed by atoms with E-state index in [2.05, 4.69) is 14.2 Å². The van der Waals surface area contributed by atoms with Gasteiger partial charge in [0.15, 0.2) is 7.28 Å². The monoisotopic (exact) mass is 314 g/mol. The minimum atomic E-state index is -0.851. The molecule has 8 heteroatoms. The van der Waals surface area contributed by atoms with Gasteiger partial charge in [-0.25, -0.2) is 0 Å². The number of carbonyl (C=O) groups excluding carboxylic acids is 4. The standard InChI is InChI=1S/C14H23BO7/c1-5-6-9(16)7-10(13(18)21-3)15-11(14(19)22-4)8-12(17)20-2/h10-11,15H,5-8H2,1-4H3. The lowest BCUT2D eigenvalue weighted by molar-refractivity contribution is -0.147. The fourth-order valence-corrected chi connectivity index (χ4v) is 2.14. The second-order valence-corrected chi connectivity index (χ2v) is 4.95. The van der Waals surface area contributed by atoms with Crippen LogP contribution in [-0.4, -0.2) is 52.3 Å². The lowest BCUT2D eigenvalue weighted by Crippen LogP contribution is -2.29. The number of hydrogen-bond acceptors (Lipinski definition) is 7. The van der Waals surface area contributed by atoms with Crippen LogP contribution in [0.3, 0.4) is 0 Å². The van der Waals surface area contributed by atoms with Gasteiger partial charge >= 0.3 is 17.9 Å². The number of ether oxygens (including phenoxy) is 3. The molecule has 0 aliphatic carbocycles. The highest BCUT2D eigenvalue weighted by atomic mass is 16.5. The fourth-order valence-electron chi connectivity index (χ4n) is 2.14. The Hall–Kier alpha value is -1.86. The second-order valence-electron chi connectivity index (χ2n) is 4.95. The summed E-state index contributed by atoms with van der Waals surface area (Å²) in [5.41, 5.74) is 0. The molecule has 0 heterocycles. The van der Waals surface area contributed by atoms with E-state index in [0.717, 1.165) is 0 Å². The Morgan fingerprint density at radius 3 is 1.77 bits per heavy atom. The molecule has 0 rings (SSSR count). The van der Waals surface area contributed by atoms with Crippen molar-refractivity contribution in [2.45, 2.75) is 44.2 Å². The molecule has 0 aromatic rings. The van der Waals surface area contributed by atoms with Crippen molar-refractivity contribution in [3.8, 4) is 0 Å². The highest BCUT2D eigenvalue weighted by Gasteiger charge is 2.33. The number of Topliss-reactive ketones (excluding diaryl/α,β-unsaturated/α-hetero) is 1. The van der Waals surface area contributed by atoms with E-state index in [1.165, 1.54) is 21.3 Å². The fraction of sp³-hybridized carbons (Fsp3) is 0.714. The quantitative estimate of drug-likeness (QED) is 0.332. The molecule has 7 nitrogen and oxygen atoms in total. The van der Waals surface area contributed by atoms with E-state index in [0.29, 0.717) is 12.8 Å². The summed E-state index contributed by atoms with van der Waals surface area (Å²) in [5.74, 6) is -3.50. The largest absolute Gasteiger partial charge is 0.469 e. The summed E-state index contributed by atoms with van der Waals surface area (Å²) in [4.78, 5) is 46.7. The van der Waals surface area contributed by atoms with E-state index in [4.69, 9.17) is 0 Å². The van der Waals surface area contributed by atoms with Crippen molar-refractivity contribution >= 4 is 31.0 Å². The van der Waals surface area contributed by atoms with E-state index >= 15 is 0 Å². The van der Waals surface area contributed by atoms with Gasteiger partial charge in [0, 0.05) is 24.5 Å². The Morgan fingerprint density at radius 2 is 1.36 bits per heavy atom. The van der Waals surface area contributed by atoms with Gasteiger partial charge in [0.1, 0.15) is 5.78 Å².